The molecule has 1 atom stereocenters. The lowest BCUT2D eigenvalue weighted by molar-refractivity contribution is -0.114. The minimum atomic E-state index is -3.59. The lowest BCUT2D eigenvalue weighted by atomic mass is 9.92. The van der Waals surface area contributed by atoms with E-state index in [-0.39, 0.29) is 16.8 Å². The molecule has 2 rings (SSSR count). The van der Waals surface area contributed by atoms with Crippen LogP contribution in [0.3, 0.4) is 0 Å². The van der Waals surface area contributed by atoms with Crippen LogP contribution in [0.1, 0.15) is 37.8 Å². The summed E-state index contributed by atoms with van der Waals surface area (Å²) in [6, 6.07) is 3.23. The average molecular weight is 353 g/mol. The van der Waals surface area contributed by atoms with Crippen molar-refractivity contribution in [1.82, 2.24) is 10.0 Å². The van der Waals surface area contributed by atoms with Crippen LogP contribution < -0.4 is 15.4 Å². The largest absolute Gasteiger partial charge is 0.326 e. The molecule has 1 unspecified atom stereocenters. The summed E-state index contributed by atoms with van der Waals surface area (Å²) >= 11 is 0. The van der Waals surface area contributed by atoms with Gasteiger partial charge in [0.05, 0.1) is 4.90 Å². The molecule has 134 valence electrons. The van der Waals surface area contributed by atoms with Crippen molar-refractivity contribution in [2.75, 3.05) is 18.4 Å². The first kappa shape index (κ1) is 18.9. The minimum Gasteiger partial charge on any atom is -0.326 e. The molecule has 24 heavy (non-hydrogen) atoms. The van der Waals surface area contributed by atoms with Gasteiger partial charge in [-0.25, -0.2) is 13.1 Å². The number of benzene rings is 1. The highest BCUT2D eigenvalue weighted by molar-refractivity contribution is 7.89. The Kier molecular flexibility index (Phi) is 6.01. The Morgan fingerprint density at radius 2 is 1.83 bits per heavy atom. The lowest BCUT2D eigenvalue weighted by Crippen LogP contribution is -2.42. The average Bonchev–Trinajstić information content (AvgIpc) is 2.50. The number of aryl methyl sites for hydroxylation is 2. The quantitative estimate of drug-likeness (QED) is 0.755. The van der Waals surface area contributed by atoms with E-state index in [1.54, 1.807) is 26.0 Å². The Hall–Kier alpha value is -1.44. The van der Waals surface area contributed by atoms with Crippen molar-refractivity contribution in [2.45, 2.75) is 51.5 Å². The van der Waals surface area contributed by atoms with Crippen LogP contribution in [-0.2, 0) is 14.8 Å². The van der Waals surface area contributed by atoms with E-state index in [1.165, 1.54) is 6.92 Å². The van der Waals surface area contributed by atoms with Crippen LogP contribution in [0.15, 0.2) is 17.0 Å². The second-order valence-electron chi connectivity index (χ2n) is 6.61. The fraction of sp³-hybridized carbons (Fsp3) is 0.588. The molecule has 0 radical (unpaired) electrons. The predicted octanol–water partition coefficient (Wildman–Crippen LogP) is 1.93. The van der Waals surface area contributed by atoms with E-state index in [0.717, 1.165) is 31.5 Å². The number of nitrogens with one attached hydrogen (secondary N) is 3. The second kappa shape index (κ2) is 7.63. The zero-order valence-corrected chi connectivity index (χ0v) is 15.6. The third-order valence-electron chi connectivity index (χ3n) is 4.55. The summed E-state index contributed by atoms with van der Waals surface area (Å²) in [5, 5.41) is 6.01. The number of amides is 1. The summed E-state index contributed by atoms with van der Waals surface area (Å²) in [4.78, 5) is 11.5. The van der Waals surface area contributed by atoms with Crippen molar-refractivity contribution in [3.05, 3.63) is 23.3 Å². The van der Waals surface area contributed by atoms with Crippen LogP contribution in [0.25, 0.3) is 0 Å². The maximum atomic E-state index is 12.8. The first-order valence-electron chi connectivity index (χ1n) is 8.32. The van der Waals surface area contributed by atoms with Gasteiger partial charge in [0.15, 0.2) is 0 Å². The highest BCUT2D eigenvalue weighted by atomic mass is 32.2. The van der Waals surface area contributed by atoms with Crippen molar-refractivity contribution in [3.63, 3.8) is 0 Å². The molecule has 7 heteroatoms. The van der Waals surface area contributed by atoms with Gasteiger partial charge in [-0.2, -0.15) is 0 Å². The van der Waals surface area contributed by atoms with Crippen LogP contribution in [0, 0.1) is 19.8 Å². The standard InChI is InChI=1S/C17H27N3O3S/c1-11-10-17(12(2)9-16(11)19-14(4)21)24(22,23)20-13(3)15-5-7-18-8-6-15/h9-10,13,15,18,20H,5-8H2,1-4H3,(H,19,21). The summed E-state index contributed by atoms with van der Waals surface area (Å²) in [5.74, 6) is 0.173. The molecule has 6 nitrogen and oxygen atoms in total. The molecule has 1 heterocycles. The van der Waals surface area contributed by atoms with Crippen molar-refractivity contribution < 1.29 is 13.2 Å². The maximum Gasteiger partial charge on any atom is 0.241 e. The number of carbonyl (C=O) groups is 1. The molecule has 1 fully saturated rings. The molecule has 1 aromatic carbocycles. The molecular weight excluding hydrogens is 326 g/mol. The lowest BCUT2D eigenvalue weighted by Gasteiger charge is -2.29. The van der Waals surface area contributed by atoms with E-state index in [9.17, 15) is 13.2 Å². The smallest absolute Gasteiger partial charge is 0.241 e. The Morgan fingerprint density at radius 1 is 1.21 bits per heavy atom. The molecule has 1 saturated heterocycles. The van der Waals surface area contributed by atoms with Gasteiger partial charge in [-0.1, -0.05) is 0 Å². The molecule has 3 N–H and O–H groups in total. The Bertz CT molecular complexity index is 710. The highest BCUT2D eigenvalue weighted by Gasteiger charge is 2.26. The minimum absolute atomic E-state index is 0.105. The first-order valence-corrected chi connectivity index (χ1v) is 9.81. The number of anilines is 1. The van der Waals surface area contributed by atoms with Gasteiger partial charge in [-0.3, -0.25) is 4.79 Å². The van der Waals surface area contributed by atoms with E-state index in [2.05, 4.69) is 15.4 Å². The van der Waals surface area contributed by atoms with Crippen molar-refractivity contribution in [2.24, 2.45) is 5.92 Å². The number of rotatable bonds is 5. The van der Waals surface area contributed by atoms with E-state index >= 15 is 0 Å². The maximum absolute atomic E-state index is 12.8. The molecule has 1 aliphatic heterocycles. The Labute approximate surface area is 144 Å². The number of hydrogen-bond donors (Lipinski definition) is 3. The highest BCUT2D eigenvalue weighted by Crippen LogP contribution is 2.25. The normalized spacial score (nSPS) is 17.5. The SMILES string of the molecule is CC(=O)Nc1cc(C)c(S(=O)(=O)NC(C)C2CCNCC2)cc1C. The number of carbonyl (C=O) groups excluding carboxylic acids is 1. The van der Waals surface area contributed by atoms with Crippen LogP contribution in [-0.4, -0.2) is 33.5 Å². The van der Waals surface area contributed by atoms with Gasteiger partial charge in [0.2, 0.25) is 15.9 Å². The van der Waals surface area contributed by atoms with Crippen molar-refractivity contribution >= 4 is 21.6 Å². The zero-order valence-electron chi connectivity index (χ0n) is 14.8. The van der Waals surface area contributed by atoms with Crippen LogP contribution in [0.5, 0.6) is 0 Å². The predicted molar refractivity (Wildman–Crippen MR) is 95.6 cm³/mol. The van der Waals surface area contributed by atoms with Gasteiger partial charge in [0.25, 0.3) is 0 Å². The van der Waals surface area contributed by atoms with Crippen LogP contribution in [0.4, 0.5) is 5.69 Å². The van der Waals surface area contributed by atoms with Gasteiger partial charge in [-0.15, -0.1) is 0 Å². The molecule has 0 aliphatic carbocycles. The third kappa shape index (κ3) is 4.55. The first-order chi connectivity index (χ1) is 11.2. The van der Waals surface area contributed by atoms with E-state index < -0.39 is 10.0 Å². The van der Waals surface area contributed by atoms with E-state index in [0.29, 0.717) is 17.2 Å². The number of sulfonamides is 1. The summed E-state index contributed by atoms with van der Waals surface area (Å²) in [6.07, 6.45) is 1.95. The van der Waals surface area contributed by atoms with Crippen molar-refractivity contribution in [3.8, 4) is 0 Å². The van der Waals surface area contributed by atoms with Gasteiger partial charge in [0, 0.05) is 18.7 Å². The molecule has 0 bridgehead atoms. The summed E-state index contributed by atoms with van der Waals surface area (Å²) in [5.41, 5.74) is 1.99. The molecule has 0 spiro atoms. The zero-order chi connectivity index (χ0) is 17.9. The number of piperidine rings is 1. The van der Waals surface area contributed by atoms with Gasteiger partial charge >= 0.3 is 0 Å². The Morgan fingerprint density at radius 3 is 2.42 bits per heavy atom. The Balaban J connectivity index is 2.22. The third-order valence-corrected chi connectivity index (χ3v) is 6.26. The van der Waals surface area contributed by atoms with Gasteiger partial charge in [-0.05, 0) is 75.9 Å². The molecule has 1 aliphatic rings. The van der Waals surface area contributed by atoms with E-state index in [4.69, 9.17) is 0 Å². The topological polar surface area (TPSA) is 87.3 Å². The molecule has 1 amide bonds. The number of hydrogen-bond acceptors (Lipinski definition) is 4. The fourth-order valence-corrected chi connectivity index (χ4v) is 4.78. The fourth-order valence-electron chi connectivity index (χ4n) is 3.15. The molecule has 0 saturated carbocycles. The second-order valence-corrected chi connectivity index (χ2v) is 8.29. The summed E-state index contributed by atoms with van der Waals surface area (Å²) < 4.78 is 28.4. The van der Waals surface area contributed by atoms with Gasteiger partial charge in [0.1, 0.15) is 0 Å². The summed E-state index contributed by atoms with van der Waals surface area (Å²) in [7, 11) is -3.59. The monoisotopic (exact) mass is 353 g/mol. The van der Waals surface area contributed by atoms with Crippen molar-refractivity contribution in [1.29, 1.82) is 0 Å². The van der Waals surface area contributed by atoms with Gasteiger partial charge < -0.3 is 10.6 Å². The van der Waals surface area contributed by atoms with Crippen LogP contribution >= 0.6 is 0 Å². The molecular formula is C17H27N3O3S. The van der Waals surface area contributed by atoms with Crippen LogP contribution in [0.2, 0.25) is 0 Å². The molecule has 1 aromatic rings. The summed E-state index contributed by atoms with van der Waals surface area (Å²) in [6.45, 7) is 8.76. The molecule has 0 aromatic heterocycles. The van der Waals surface area contributed by atoms with E-state index in [1.807, 2.05) is 6.92 Å².